The molecule has 0 bridgehead atoms. The molecule has 6 heteroatoms. The molecule has 1 aliphatic rings. The number of hydrogen-bond donors (Lipinski definition) is 1. The molecule has 1 saturated heterocycles. The van der Waals surface area contributed by atoms with Crippen LogP contribution in [0.3, 0.4) is 0 Å². The summed E-state index contributed by atoms with van der Waals surface area (Å²) in [7, 11) is 0. The minimum Gasteiger partial charge on any atom is -0.338 e. The summed E-state index contributed by atoms with van der Waals surface area (Å²) in [6, 6.07) is 5.93. The number of nitrogens with one attached hydrogen (secondary N) is 1. The summed E-state index contributed by atoms with van der Waals surface area (Å²) in [4.78, 5) is 19.1. The molecule has 0 spiro atoms. The fraction of sp³-hybridized carbons (Fsp3) is 0.312. The van der Waals surface area contributed by atoms with E-state index < -0.39 is 0 Å². The molecule has 4 rings (SSSR count). The largest absolute Gasteiger partial charge is 0.338 e. The number of rotatable bonds is 2. The van der Waals surface area contributed by atoms with Gasteiger partial charge in [0.15, 0.2) is 0 Å². The van der Waals surface area contributed by atoms with E-state index in [9.17, 15) is 4.79 Å². The molecule has 3 aromatic rings. The third kappa shape index (κ3) is 2.39. The van der Waals surface area contributed by atoms with Crippen molar-refractivity contribution >= 4 is 27.5 Å². The highest BCUT2D eigenvalue weighted by molar-refractivity contribution is 7.17. The zero-order valence-corrected chi connectivity index (χ0v) is 12.8. The number of aromatic amines is 1. The summed E-state index contributed by atoms with van der Waals surface area (Å²) in [6.45, 7) is 1.55. The first kappa shape index (κ1) is 13.5. The number of H-pyrrole nitrogens is 1. The van der Waals surface area contributed by atoms with E-state index in [0.29, 0.717) is 11.5 Å². The minimum atomic E-state index is 0.0759. The number of aromatic nitrogens is 3. The maximum Gasteiger partial charge on any atom is 0.255 e. The van der Waals surface area contributed by atoms with Crippen LogP contribution in [0.5, 0.6) is 0 Å². The number of fused-ring (bicyclic) bond motifs is 1. The smallest absolute Gasteiger partial charge is 0.255 e. The van der Waals surface area contributed by atoms with Crippen LogP contribution in [-0.2, 0) is 0 Å². The van der Waals surface area contributed by atoms with Gasteiger partial charge in [-0.25, -0.2) is 0 Å². The van der Waals surface area contributed by atoms with Gasteiger partial charge in [-0.3, -0.25) is 14.9 Å². The average Bonchev–Trinajstić information content (AvgIpc) is 3.25. The van der Waals surface area contributed by atoms with Crippen LogP contribution in [0.25, 0.3) is 10.2 Å². The van der Waals surface area contributed by atoms with Crippen molar-refractivity contribution in [3.05, 3.63) is 47.2 Å². The van der Waals surface area contributed by atoms with Gasteiger partial charge in [-0.15, -0.1) is 11.3 Å². The fourth-order valence-electron chi connectivity index (χ4n) is 3.06. The molecule has 4 heterocycles. The lowest BCUT2D eigenvalue weighted by atomic mass is 9.94. The van der Waals surface area contributed by atoms with Crippen molar-refractivity contribution in [2.24, 2.45) is 0 Å². The van der Waals surface area contributed by atoms with E-state index in [-0.39, 0.29) is 5.91 Å². The van der Waals surface area contributed by atoms with Crippen molar-refractivity contribution in [3.8, 4) is 0 Å². The molecule has 112 valence electrons. The highest BCUT2D eigenvalue weighted by Crippen LogP contribution is 2.27. The standard InChI is InChI=1S/C16H16N4OS/c21-16(12-8-15-14(17-9-12)4-7-22-15)20-6-1-2-11(10-20)13-3-5-18-19-13/h3-5,7-9,11H,1-2,6,10H2,(H,18,19). The van der Waals surface area contributed by atoms with Crippen molar-refractivity contribution < 1.29 is 4.79 Å². The van der Waals surface area contributed by atoms with Crippen LogP contribution in [0.1, 0.15) is 34.8 Å². The first-order chi connectivity index (χ1) is 10.8. The zero-order chi connectivity index (χ0) is 14.9. The predicted octanol–water partition coefficient (Wildman–Crippen LogP) is 3.04. The Balaban J connectivity index is 1.56. The number of piperidine rings is 1. The molecule has 3 aromatic heterocycles. The van der Waals surface area contributed by atoms with Crippen LogP contribution < -0.4 is 0 Å². The van der Waals surface area contributed by atoms with Crippen LogP contribution in [0.4, 0.5) is 0 Å². The number of hydrogen-bond acceptors (Lipinski definition) is 4. The first-order valence-electron chi connectivity index (χ1n) is 7.43. The fourth-order valence-corrected chi connectivity index (χ4v) is 3.84. The number of amides is 1. The van der Waals surface area contributed by atoms with Gasteiger partial charge in [-0.05, 0) is 36.4 Å². The molecule has 1 unspecified atom stereocenters. The highest BCUT2D eigenvalue weighted by atomic mass is 32.1. The van der Waals surface area contributed by atoms with Crippen molar-refractivity contribution in [3.63, 3.8) is 0 Å². The number of carbonyl (C=O) groups excluding carboxylic acids is 1. The second kappa shape index (κ2) is 5.53. The molecule has 0 aliphatic carbocycles. The van der Waals surface area contributed by atoms with E-state index in [1.165, 1.54) is 0 Å². The van der Waals surface area contributed by atoms with Gasteiger partial charge in [-0.2, -0.15) is 5.10 Å². The monoisotopic (exact) mass is 312 g/mol. The van der Waals surface area contributed by atoms with Crippen LogP contribution in [0.15, 0.2) is 36.0 Å². The second-order valence-corrected chi connectivity index (χ2v) is 6.58. The quantitative estimate of drug-likeness (QED) is 0.791. The Morgan fingerprint density at radius 2 is 2.36 bits per heavy atom. The Labute approximate surface area is 132 Å². The molecular formula is C16H16N4OS. The Bertz CT molecular complexity index is 795. The molecule has 0 saturated carbocycles. The van der Waals surface area contributed by atoms with Gasteiger partial charge in [0.25, 0.3) is 5.91 Å². The van der Waals surface area contributed by atoms with Crippen molar-refractivity contribution in [1.82, 2.24) is 20.1 Å². The normalized spacial score (nSPS) is 18.7. The Morgan fingerprint density at radius 1 is 1.41 bits per heavy atom. The molecule has 1 amide bonds. The summed E-state index contributed by atoms with van der Waals surface area (Å²) >= 11 is 1.62. The van der Waals surface area contributed by atoms with E-state index in [0.717, 1.165) is 41.8 Å². The van der Waals surface area contributed by atoms with Crippen LogP contribution in [0.2, 0.25) is 0 Å². The summed E-state index contributed by atoms with van der Waals surface area (Å²) in [5, 5.41) is 9.05. The second-order valence-electron chi connectivity index (χ2n) is 5.63. The van der Waals surface area contributed by atoms with Crippen LogP contribution in [0, 0.1) is 0 Å². The van der Waals surface area contributed by atoms with Gasteiger partial charge >= 0.3 is 0 Å². The van der Waals surface area contributed by atoms with E-state index in [2.05, 4.69) is 15.2 Å². The topological polar surface area (TPSA) is 61.9 Å². The predicted molar refractivity (Wildman–Crippen MR) is 86.1 cm³/mol. The third-order valence-corrected chi connectivity index (χ3v) is 5.07. The maximum atomic E-state index is 12.7. The number of pyridine rings is 1. The van der Waals surface area contributed by atoms with Gasteiger partial charge in [-0.1, -0.05) is 0 Å². The summed E-state index contributed by atoms with van der Waals surface area (Å²) < 4.78 is 1.06. The number of carbonyl (C=O) groups is 1. The van der Waals surface area contributed by atoms with Crippen molar-refractivity contribution in [2.45, 2.75) is 18.8 Å². The summed E-state index contributed by atoms with van der Waals surface area (Å²) in [6.07, 6.45) is 5.57. The minimum absolute atomic E-state index is 0.0759. The molecular weight excluding hydrogens is 296 g/mol. The van der Waals surface area contributed by atoms with Gasteiger partial charge in [0, 0.05) is 37.1 Å². The molecule has 0 aromatic carbocycles. The Kier molecular flexibility index (Phi) is 3.38. The Morgan fingerprint density at radius 3 is 3.23 bits per heavy atom. The lowest BCUT2D eigenvalue weighted by Gasteiger charge is -2.32. The average molecular weight is 312 g/mol. The molecule has 5 nitrogen and oxygen atoms in total. The molecule has 1 fully saturated rings. The number of likely N-dealkylation sites (tertiary alicyclic amines) is 1. The summed E-state index contributed by atoms with van der Waals surface area (Å²) in [5.74, 6) is 0.422. The van der Waals surface area contributed by atoms with E-state index in [4.69, 9.17) is 0 Å². The lowest BCUT2D eigenvalue weighted by Crippen LogP contribution is -2.39. The highest BCUT2D eigenvalue weighted by Gasteiger charge is 2.26. The molecule has 1 atom stereocenters. The van der Waals surface area contributed by atoms with Crippen molar-refractivity contribution in [1.29, 1.82) is 0 Å². The van der Waals surface area contributed by atoms with Crippen LogP contribution in [-0.4, -0.2) is 39.1 Å². The SMILES string of the molecule is O=C(c1cnc2ccsc2c1)N1CCCC(c2ccn[nH]2)C1. The van der Waals surface area contributed by atoms with Gasteiger partial charge in [0.1, 0.15) is 0 Å². The van der Waals surface area contributed by atoms with E-state index >= 15 is 0 Å². The summed E-state index contributed by atoms with van der Waals surface area (Å²) in [5.41, 5.74) is 2.75. The van der Waals surface area contributed by atoms with Gasteiger partial charge in [0.05, 0.1) is 15.8 Å². The van der Waals surface area contributed by atoms with Crippen molar-refractivity contribution in [2.75, 3.05) is 13.1 Å². The number of thiophene rings is 1. The zero-order valence-electron chi connectivity index (χ0n) is 12.0. The van der Waals surface area contributed by atoms with Crippen LogP contribution >= 0.6 is 11.3 Å². The first-order valence-corrected chi connectivity index (χ1v) is 8.31. The third-order valence-electron chi connectivity index (χ3n) is 4.22. The van der Waals surface area contributed by atoms with E-state index in [1.807, 2.05) is 28.5 Å². The lowest BCUT2D eigenvalue weighted by molar-refractivity contribution is 0.0705. The van der Waals surface area contributed by atoms with Gasteiger partial charge < -0.3 is 4.90 Å². The molecule has 1 N–H and O–H groups in total. The maximum absolute atomic E-state index is 12.7. The van der Waals surface area contributed by atoms with E-state index in [1.54, 1.807) is 23.7 Å². The molecule has 22 heavy (non-hydrogen) atoms. The molecule has 0 radical (unpaired) electrons. The number of nitrogens with zero attached hydrogens (tertiary/aromatic N) is 3. The van der Waals surface area contributed by atoms with Gasteiger partial charge in [0.2, 0.25) is 0 Å². The Hall–Kier alpha value is -2.21. The molecule has 1 aliphatic heterocycles.